The van der Waals surface area contributed by atoms with E-state index in [0.717, 1.165) is 18.5 Å². The Morgan fingerprint density at radius 2 is 1.92 bits per heavy atom. The van der Waals surface area contributed by atoms with Gasteiger partial charge >= 0.3 is 0 Å². The van der Waals surface area contributed by atoms with Crippen LogP contribution in [0, 0.1) is 0 Å². The molecule has 1 aliphatic carbocycles. The number of carbonyl (C=O) groups excluding carboxylic acids is 1. The van der Waals surface area contributed by atoms with Gasteiger partial charge < -0.3 is 15.4 Å². The minimum atomic E-state index is -0.163. The van der Waals surface area contributed by atoms with Crippen LogP contribution in [0.5, 0.6) is 5.75 Å². The maximum Gasteiger partial charge on any atom is 0.271 e. The fraction of sp³-hybridized carbons (Fsp3) is 0.421. The number of anilines is 2. The van der Waals surface area contributed by atoms with Crippen LogP contribution < -0.4 is 15.4 Å². The van der Waals surface area contributed by atoms with E-state index in [1.807, 2.05) is 6.07 Å². The molecule has 3 rings (SSSR count). The normalized spacial score (nSPS) is 15.2. The van der Waals surface area contributed by atoms with Crippen molar-refractivity contribution in [2.24, 2.45) is 0 Å². The molecule has 26 heavy (non-hydrogen) atoms. The number of methoxy groups -OCH3 is 1. The van der Waals surface area contributed by atoms with Crippen molar-refractivity contribution in [2.75, 3.05) is 12.4 Å². The number of ether oxygens (including phenoxy) is 1. The van der Waals surface area contributed by atoms with E-state index in [1.54, 1.807) is 25.4 Å². The molecular weight excluding hydrogens is 352 g/mol. The van der Waals surface area contributed by atoms with Gasteiger partial charge in [0, 0.05) is 11.7 Å². The van der Waals surface area contributed by atoms with Crippen LogP contribution in [0.3, 0.4) is 0 Å². The Bertz CT molecular complexity index is 744. The maximum absolute atomic E-state index is 12.3. The minimum Gasteiger partial charge on any atom is -0.495 e. The summed E-state index contributed by atoms with van der Waals surface area (Å²) in [7, 11) is 1.57. The molecule has 0 aliphatic heterocycles. The Morgan fingerprint density at radius 3 is 2.54 bits per heavy atom. The number of aromatic nitrogens is 2. The first-order valence-corrected chi connectivity index (χ1v) is 9.27. The number of benzene rings is 1. The van der Waals surface area contributed by atoms with Gasteiger partial charge in [0.05, 0.1) is 24.5 Å². The molecule has 1 aromatic carbocycles. The Labute approximate surface area is 158 Å². The number of nitrogens with zero attached hydrogens (tertiary/aromatic N) is 2. The molecule has 0 spiro atoms. The molecule has 0 bridgehead atoms. The van der Waals surface area contributed by atoms with E-state index < -0.39 is 0 Å². The van der Waals surface area contributed by atoms with Gasteiger partial charge in [-0.1, -0.05) is 37.3 Å². The van der Waals surface area contributed by atoms with Crippen LogP contribution >= 0.6 is 11.6 Å². The van der Waals surface area contributed by atoms with Crippen molar-refractivity contribution in [2.45, 2.75) is 44.6 Å². The quantitative estimate of drug-likeness (QED) is 0.761. The molecule has 0 unspecified atom stereocenters. The van der Waals surface area contributed by atoms with Crippen LogP contribution in [0.2, 0.25) is 5.02 Å². The van der Waals surface area contributed by atoms with Crippen molar-refractivity contribution in [1.82, 2.24) is 15.3 Å². The van der Waals surface area contributed by atoms with E-state index in [2.05, 4.69) is 20.6 Å². The molecule has 0 atom stereocenters. The number of hydrogen-bond donors (Lipinski definition) is 2. The zero-order valence-electron chi connectivity index (χ0n) is 14.8. The Kier molecular flexibility index (Phi) is 6.28. The first-order valence-electron chi connectivity index (χ1n) is 8.89. The van der Waals surface area contributed by atoms with Gasteiger partial charge in [-0.25, -0.2) is 9.97 Å². The zero-order chi connectivity index (χ0) is 18.4. The van der Waals surface area contributed by atoms with Crippen molar-refractivity contribution in [3.05, 3.63) is 41.3 Å². The Hall–Kier alpha value is -2.34. The van der Waals surface area contributed by atoms with E-state index in [-0.39, 0.29) is 11.9 Å². The summed E-state index contributed by atoms with van der Waals surface area (Å²) in [5.41, 5.74) is 1.09. The van der Waals surface area contributed by atoms with E-state index in [0.29, 0.717) is 22.3 Å². The van der Waals surface area contributed by atoms with Crippen molar-refractivity contribution in [1.29, 1.82) is 0 Å². The first kappa shape index (κ1) is 18.5. The lowest BCUT2D eigenvalue weighted by atomic mass is 10.1. The summed E-state index contributed by atoms with van der Waals surface area (Å²) in [4.78, 5) is 20.8. The van der Waals surface area contributed by atoms with E-state index >= 15 is 0 Å². The maximum atomic E-state index is 12.3. The standard InChI is InChI=1S/C19H23ClN4O2/c1-26-17-9-8-14(10-15(17)20)23-18-12-21-16(11-22-18)19(25)24-13-6-4-2-3-5-7-13/h8-13H,2-7H2,1H3,(H,22,23)(H,24,25). The fourth-order valence-electron chi connectivity index (χ4n) is 3.08. The van der Waals surface area contributed by atoms with Crippen LogP contribution in [-0.4, -0.2) is 29.0 Å². The predicted octanol–water partition coefficient (Wildman–Crippen LogP) is 4.33. The van der Waals surface area contributed by atoms with Gasteiger partial charge in [0.25, 0.3) is 5.91 Å². The molecule has 7 heteroatoms. The first-order chi connectivity index (χ1) is 12.7. The van der Waals surface area contributed by atoms with Crippen LogP contribution in [-0.2, 0) is 0 Å². The van der Waals surface area contributed by atoms with Gasteiger partial charge in [-0.3, -0.25) is 4.79 Å². The molecule has 1 saturated carbocycles. The highest BCUT2D eigenvalue weighted by Gasteiger charge is 2.16. The Morgan fingerprint density at radius 1 is 1.15 bits per heavy atom. The number of nitrogens with one attached hydrogen (secondary N) is 2. The average Bonchev–Trinajstić information content (AvgIpc) is 2.91. The van der Waals surface area contributed by atoms with Crippen molar-refractivity contribution in [3.63, 3.8) is 0 Å². The smallest absolute Gasteiger partial charge is 0.271 e. The topological polar surface area (TPSA) is 76.1 Å². The van der Waals surface area contributed by atoms with Crippen LogP contribution in [0.15, 0.2) is 30.6 Å². The minimum absolute atomic E-state index is 0.163. The lowest BCUT2D eigenvalue weighted by Crippen LogP contribution is -2.34. The third-order valence-electron chi connectivity index (χ3n) is 4.50. The monoisotopic (exact) mass is 374 g/mol. The second-order valence-corrected chi connectivity index (χ2v) is 6.83. The molecule has 2 N–H and O–H groups in total. The van der Waals surface area contributed by atoms with Crippen LogP contribution in [0.4, 0.5) is 11.5 Å². The van der Waals surface area contributed by atoms with Gasteiger partial charge in [-0.15, -0.1) is 0 Å². The summed E-state index contributed by atoms with van der Waals surface area (Å²) in [6.07, 6.45) is 9.95. The molecule has 138 valence electrons. The second kappa shape index (κ2) is 8.85. The van der Waals surface area contributed by atoms with Gasteiger partial charge in [-0.05, 0) is 31.0 Å². The van der Waals surface area contributed by atoms with Crippen molar-refractivity contribution in [3.8, 4) is 5.75 Å². The van der Waals surface area contributed by atoms with Gasteiger partial charge in [0.15, 0.2) is 0 Å². The van der Waals surface area contributed by atoms with Gasteiger partial charge in [-0.2, -0.15) is 0 Å². The Balaban J connectivity index is 1.60. The zero-order valence-corrected chi connectivity index (χ0v) is 15.6. The molecule has 1 heterocycles. The number of amides is 1. The van der Waals surface area contributed by atoms with E-state index in [9.17, 15) is 4.79 Å². The number of hydrogen-bond acceptors (Lipinski definition) is 5. The summed E-state index contributed by atoms with van der Waals surface area (Å²) in [5, 5.41) is 6.68. The molecule has 1 aromatic heterocycles. The number of halogens is 1. The summed E-state index contributed by atoms with van der Waals surface area (Å²) in [6.45, 7) is 0. The molecular formula is C19H23ClN4O2. The molecule has 6 nitrogen and oxygen atoms in total. The van der Waals surface area contributed by atoms with Gasteiger partial charge in [0.2, 0.25) is 0 Å². The van der Waals surface area contributed by atoms with Crippen LogP contribution in [0.1, 0.15) is 49.0 Å². The van der Waals surface area contributed by atoms with Crippen molar-refractivity contribution >= 4 is 29.0 Å². The third-order valence-corrected chi connectivity index (χ3v) is 4.79. The second-order valence-electron chi connectivity index (χ2n) is 6.42. The number of carbonyl (C=O) groups is 1. The lowest BCUT2D eigenvalue weighted by Gasteiger charge is -2.15. The lowest BCUT2D eigenvalue weighted by molar-refractivity contribution is 0.0928. The van der Waals surface area contributed by atoms with Crippen molar-refractivity contribution < 1.29 is 9.53 Å². The van der Waals surface area contributed by atoms with E-state index in [1.165, 1.54) is 31.9 Å². The predicted molar refractivity (Wildman–Crippen MR) is 102 cm³/mol. The average molecular weight is 375 g/mol. The largest absolute Gasteiger partial charge is 0.495 e. The molecule has 0 radical (unpaired) electrons. The summed E-state index contributed by atoms with van der Waals surface area (Å²) in [5.74, 6) is 0.981. The summed E-state index contributed by atoms with van der Waals surface area (Å²) < 4.78 is 5.13. The third kappa shape index (κ3) is 4.85. The molecule has 2 aromatic rings. The molecule has 1 aliphatic rings. The highest BCUT2D eigenvalue weighted by atomic mass is 35.5. The SMILES string of the molecule is COc1ccc(Nc2cnc(C(=O)NC3CCCCCC3)cn2)cc1Cl. The van der Waals surface area contributed by atoms with Crippen LogP contribution in [0.25, 0.3) is 0 Å². The molecule has 1 amide bonds. The highest BCUT2D eigenvalue weighted by Crippen LogP contribution is 2.28. The summed E-state index contributed by atoms with van der Waals surface area (Å²) >= 11 is 6.11. The van der Waals surface area contributed by atoms with Gasteiger partial charge in [0.1, 0.15) is 17.3 Å². The number of rotatable bonds is 5. The summed E-state index contributed by atoms with van der Waals surface area (Å²) in [6, 6.07) is 5.59. The highest BCUT2D eigenvalue weighted by molar-refractivity contribution is 6.32. The molecule has 1 fully saturated rings. The van der Waals surface area contributed by atoms with E-state index in [4.69, 9.17) is 16.3 Å². The molecule has 0 saturated heterocycles. The fourth-order valence-corrected chi connectivity index (χ4v) is 3.34.